The highest BCUT2D eigenvalue weighted by atomic mass is 32.2. The topological polar surface area (TPSA) is 69.6 Å². The standard InChI is InChI=1S/C39H42N2O3S/c1-38(2,3)33-23-32(24-34(37(33)44)39(4,5)6)45-36(43)25-35(42)41(30-15-11-8-12-16-30)31-20-18-26-21-29(19-17-27(26)22-31)40-28-13-9-7-10-14-28/h8-9,11-24,40,44H,7,10,25H2,1-6H3. The predicted octanol–water partition coefficient (Wildman–Crippen LogP) is 10.2. The molecular formula is C39H42N2O3S. The van der Waals surface area contributed by atoms with Gasteiger partial charge < -0.3 is 10.4 Å². The van der Waals surface area contributed by atoms with Crippen LogP contribution in [0.5, 0.6) is 5.75 Å². The molecule has 0 spiro atoms. The number of nitrogens with one attached hydrogen (secondary N) is 1. The zero-order valence-electron chi connectivity index (χ0n) is 27.0. The van der Waals surface area contributed by atoms with Crippen molar-refractivity contribution in [1.29, 1.82) is 0 Å². The SMILES string of the molecule is CC(C)(C)c1cc(SC(=O)CC(=O)N(c2ccccc2)c2ccc3cc(NC4=CCCC=C4)ccc3c2)cc(C(C)(C)C)c1O. The summed E-state index contributed by atoms with van der Waals surface area (Å²) in [5.74, 6) is -0.0431. The van der Waals surface area contributed by atoms with Gasteiger partial charge in [0, 0.05) is 38.8 Å². The normalized spacial score (nSPS) is 13.4. The minimum absolute atomic E-state index is 0.256. The minimum Gasteiger partial charge on any atom is -0.507 e. The van der Waals surface area contributed by atoms with Crippen LogP contribution in [0.3, 0.4) is 0 Å². The summed E-state index contributed by atoms with van der Waals surface area (Å²) in [6.45, 7) is 12.2. The van der Waals surface area contributed by atoms with Crippen LogP contribution in [0.25, 0.3) is 10.8 Å². The van der Waals surface area contributed by atoms with E-state index < -0.39 is 0 Å². The van der Waals surface area contributed by atoms with Gasteiger partial charge in [0.25, 0.3) is 0 Å². The largest absolute Gasteiger partial charge is 0.507 e. The molecule has 1 aliphatic carbocycles. The van der Waals surface area contributed by atoms with Gasteiger partial charge in [-0.3, -0.25) is 14.5 Å². The number of rotatable bonds is 7. The second-order valence-electron chi connectivity index (χ2n) is 13.6. The van der Waals surface area contributed by atoms with E-state index in [2.05, 4.69) is 29.6 Å². The summed E-state index contributed by atoms with van der Waals surface area (Å²) in [5.41, 5.74) is 4.42. The lowest BCUT2D eigenvalue weighted by atomic mass is 9.79. The Morgan fingerprint density at radius 1 is 0.800 bits per heavy atom. The van der Waals surface area contributed by atoms with Gasteiger partial charge in [0.05, 0.1) is 6.42 Å². The van der Waals surface area contributed by atoms with E-state index in [-0.39, 0.29) is 34.0 Å². The fourth-order valence-corrected chi connectivity index (χ4v) is 6.33. The summed E-state index contributed by atoms with van der Waals surface area (Å²) < 4.78 is 0. The highest BCUT2D eigenvalue weighted by Crippen LogP contribution is 2.42. The molecule has 4 aromatic rings. The van der Waals surface area contributed by atoms with Gasteiger partial charge in [0.1, 0.15) is 5.75 Å². The van der Waals surface area contributed by atoms with Crippen LogP contribution in [0, 0.1) is 0 Å². The average molecular weight is 619 g/mol. The van der Waals surface area contributed by atoms with Crippen molar-refractivity contribution in [2.24, 2.45) is 0 Å². The molecule has 4 aromatic carbocycles. The second kappa shape index (κ2) is 13.0. The van der Waals surface area contributed by atoms with Crippen LogP contribution in [0.15, 0.2) is 108 Å². The maximum atomic E-state index is 13.9. The highest BCUT2D eigenvalue weighted by molar-refractivity contribution is 8.13. The van der Waals surface area contributed by atoms with E-state index in [1.807, 2.05) is 114 Å². The maximum absolute atomic E-state index is 13.9. The Hall–Kier alpha value is -4.29. The number of phenols is 1. The van der Waals surface area contributed by atoms with Crippen molar-refractivity contribution in [2.75, 3.05) is 10.2 Å². The van der Waals surface area contributed by atoms with E-state index in [9.17, 15) is 14.7 Å². The minimum atomic E-state index is -0.319. The molecule has 5 nitrogen and oxygen atoms in total. The Labute approximate surface area is 271 Å². The molecule has 2 N–H and O–H groups in total. The first-order valence-electron chi connectivity index (χ1n) is 15.4. The number of allylic oxidation sites excluding steroid dienone is 3. The number of carbonyl (C=O) groups is 2. The van der Waals surface area contributed by atoms with Crippen molar-refractivity contribution in [2.45, 2.75) is 76.5 Å². The molecule has 0 aliphatic heterocycles. The molecule has 1 amide bonds. The van der Waals surface area contributed by atoms with Crippen molar-refractivity contribution < 1.29 is 14.7 Å². The number of hydrogen-bond acceptors (Lipinski definition) is 5. The van der Waals surface area contributed by atoms with Gasteiger partial charge in [0.2, 0.25) is 11.0 Å². The zero-order valence-corrected chi connectivity index (χ0v) is 27.8. The molecule has 0 atom stereocenters. The number of nitrogens with zero attached hydrogens (tertiary/aromatic N) is 1. The molecule has 0 fully saturated rings. The Kier molecular flexibility index (Phi) is 9.26. The molecule has 0 saturated carbocycles. The smallest absolute Gasteiger partial charge is 0.239 e. The number of amides is 1. The lowest BCUT2D eigenvalue weighted by molar-refractivity contribution is -0.122. The number of hydrogen-bond donors (Lipinski definition) is 2. The summed E-state index contributed by atoms with van der Waals surface area (Å²) in [4.78, 5) is 29.7. The first kappa shape index (κ1) is 32.1. The van der Waals surface area contributed by atoms with Gasteiger partial charge in [-0.05, 0) is 89.1 Å². The molecule has 0 heterocycles. The van der Waals surface area contributed by atoms with Gasteiger partial charge in [-0.2, -0.15) is 0 Å². The van der Waals surface area contributed by atoms with Gasteiger partial charge in [-0.25, -0.2) is 0 Å². The fourth-order valence-electron chi connectivity index (χ4n) is 5.52. The van der Waals surface area contributed by atoms with Gasteiger partial charge in [0.15, 0.2) is 0 Å². The number of phenolic OH excluding ortho intramolecular Hbond substituents is 1. The van der Waals surface area contributed by atoms with Gasteiger partial charge in [-0.15, -0.1) is 0 Å². The molecule has 5 rings (SSSR count). The molecule has 45 heavy (non-hydrogen) atoms. The summed E-state index contributed by atoms with van der Waals surface area (Å²) in [6, 6.07) is 25.3. The van der Waals surface area contributed by atoms with E-state index in [0.29, 0.717) is 11.4 Å². The van der Waals surface area contributed by atoms with E-state index in [4.69, 9.17) is 0 Å². The van der Waals surface area contributed by atoms with Crippen LogP contribution in [-0.2, 0) is 20.4 Å². The van der Waals surface area contributed by atoms with Crippen molar-refractivity contribution >= 4 is 50.6 Å². The third-order valence-electron chi connectivity index (χ3n) is 7.86. The number of fused-ring (bicyclic) bond motifs is 1. The lowest BCUT2D eigenvalue weighted by Gasteiger charge is -2.28. The lowest BCUT2D eigenvalue weighted by Crippen LogP contribution is -2.27. The Balaban J connectivity index is 1.41. The highest BCUT2D eigenvalue weighted by Gasteiger charge is 2.28. The Bertz CT molecular complexity index is 1760. The Morgan fingerprint density at radius 2 is 1.44 bits per heavy atom. The van der Waals surface area contributed by atoms with Crippen LogP contribution >= 0.6 is 11.8 Å². The summed E-state index contributed by atoms with van der Waals surface area (Å²) in [5, 5.41) is 16.4. The van der Waals surface area contributed by atoms with Crippen molar-refractivity contribution in [3.05, 3.63) is 114 Å². The van der Waals surface area contributed by atoms with Crippen LogP contribution in [0.1, 0.15) is 71.9 Å². The molecular weight excluding hydrogens is 577 g/mol. The third kappa shape index (κ3) is 7.69. The number of aromatic hydroxyl groups is 1. The molecule has 0 bridgehead atoms. The van der Waals surface area contributed by atoms with E-state index in [1.165, 1.54) is 0 Å². The van der Waals surface area contributed by atoms with Gasteiger partial charge in [-0.1, -0.05) is 95.8 Å². The molecule has 0 saturated heterocycles. The number of anilines is 3. The molecule has 6 heteroatoms. The van der Waals surface area contributed by atoms with E-state index >= 15 is 0 Å². The first-order chi connectivity index (χ1) is 21.3. The number of para-hydroxylation sites is 1. The monoisotopic (exact) mass is 618 g/mol. The van der Waals surface area contributed by atoms with Crippen molar-refractivity contribution in [3.63, 3.8) is 0 Å². The Morgan fingerprint density at radius 3 is 2.07 bits per heavy atom. The van der Waals surface area contributed by atoms with Gasteiger partial charge >= 0.3 is 0 Å². The fraction of sp³-hybridized carbons (Fsp3) is 0.282. The number of benzene rings is 4. The number of carbonyl (C=O) groups excluding carboxylic acids is 2. The second-order valence-corrected chi connectivity index (χ2v) is 14.7. The molecule has 1 aliphatic rings. The van der Waals surface area contributed by atoms with Crippen LogP contribution in [0.2, 0.25) is 0 Å². The van der Waals surface area contributed by atoms with E-state index in [0.717, 1.165) is 62.8 Å². The quantitative estimate of drug-likeness (QED) is 0.159. The van der Waals surface area contributed by atoms with Crippen LogP contribution < -0.4 is 10.2 Å². The molecule has 0 unspecified atom stereocenters. The van der Waals surface area contributed by atoms with Crippen molar-refractivity contribution in [1.82, 2.24) is 0 Å². The molecule has 0 radical (unpaired) electrons. The molecule has 0 aromatic heterocycles. The van der Waals surface area contributed by atoms with E-state index in [1.54, 1.807) is 4.90 Å². The van der Waals surface area contributed by atoms with Crippen LogP contribution in [0.4, 0.5) is 17.1 Å². The summed E-state index contributed by atoms with van der Waals surface area (Å²) >= 11 is 1.05. The van der Waals surface area contributed by atoms with Crippen LogP contribution in [-0.4, -0.2) is 16.1 Å². The molecule has 232 valence electrons. The maximum Gasteiger partial charge on any atom is 0.239 e. The third-order valence-corrected chi connectivity index (χ3v) is 8.70. The number of thioether (sulfide) groups is 1. The van der Waals surface area contributed by atoms with Crippen molar-refractivity contribution in [3.8, 4) is 5.75 Å². The summed E-state index contributed by atoms with van der Waals surface area (Å²) in [7, 11) is 0. The average Bonchev–Trinajstić information content (AvgIpc) is 2.98. The predicted molar refractivity (Wildman–Crippen MR) is 189 cm³/mol. The zero-order chi connectivity index (χ0) is 32.4. The first-order valence-corrected chi connectivity index (χ1v) is 16.3. The summed E-state index contributed by atoms with van der Waals surface area (Å²) in [6.07, 6.45) is 8.30.